The third-order valence-corrected chi connectivity index (χ3v) is 10.9. The fourth-order valence-corrected chi connectivity index (χ4v) is 8.02. The molecule has 2 aromatic carbocycles. The van der Waals surface area contributed by atoms with Crippen molar-refractivity contribution in [2.24, 2.45) is 0 Å². The number of ketones is 1. The van der Waals surface area contributed by atoms with Crippen LogP contribution >= 0.6 is 0 Å². The lowest BCUT2D eigenvalue weighted by Crippen LogP contribution is -2.55. The SMILES string of the molecule is CC[C@@H]1C(=O)N(C)c2cnc(Cc3ccc(C(=O)CCC(=O)Nc4cccc5c4CN(C4CCC(=O)NC4=O)C5=O)cc3OC)nc2N1C1CCCC1. The van der Waals surface area contributed by atoms with Crippen LogP contribution in [0.3, 0.4) is 0 Å². The van der Waals surface area contributed by atoms with Crippen molar-refractivity contribution in [1.82, 2.24) is 20.2 Å². The molecule has 1 saturated carbocycles. The van der Waals surface area contributed by atoms with E-state index in [9.17, 15) is 28.8 Å². The van der Waals surface area contributed by atoms with Crippen molar-refractivity contribution < 1.29 is 33.5 Å². The van der Waals surface area contributed by atoms with Crippen LogP contribution in [0, 0.1) is 0 Å². The van der Waals surface area contributed by atoms with Gasteiger partial charge in [-0.2, -0.15) is 0 Å². The molecule has 276 valence electrons. The Morgan fingerprint density at radius 3 is 2.57 bits per heavy atom. The minimum absolute atomic E-state index is 0.0551. The summed E-state index contributed by atoms with van der Waals surface area (Å²) in [7, 11) is 3.31. The minimum Gasteiger partial charge on any atom is -0.496 e. The Labute approximate surface area is 307 Å². The van der Waals surface area contributed by atoms with Crippen molar-refractivity contribution in [2.75, 3.05) is 29.3 Å². The Kier molecular flexibility index (Phi) is 9.95. The maximum Gasteiger partial charge on any atom is 0.255 e. The number of benzene rings is 2. The third kappa shape index (κ3) is 6.85. The van der Waals surface area contributed by atoms with Crippen molar-refractivity contribution >= 4 is 52.5 Å². The third-order valence-electron chi connectivity index (χ3n) is 10.9. The van der Waals surface area contributed by atoms with Gasteiger partial charge in [-0.25, -0.2) is 9.97 Å². The number of fused-ring (bicyclic) bond motifs is 2. The molecule has 3 aliphatic heterocycles. The molecule has 0 bridgehead atoms. The molecule has 7 rings (SSSR count). The number of piperidine rings is 1. The highest BCUT2D eigenvalue weighted by atomic mass is 16.5. The van der Waals surface area contributed by atoms with Crippen molar-refractivity contribution in [3.05, 3.63) is 70.7 Å². The lowest BCUT2D eigenvalue weighted by molar-refractivity contribution is -0.137. The first-order valence-electron chi connectivity index (χ1n) is 18.3. The van der Waals surface area contributed by atoms with Gasteiger partial charge in [0, 0.05) is 73.3 Å². The number of hydrogen-bond acceptors (Lipinski definition) is 10. The van der Waals surface area contributed by atoms with Gasteiger partial charge in [-0.15, -0.1) is 0 Å². The molecule has 1 aliphatic carbocycles. The number of amides is 5. The number of anilines is 3. The zero-order chi connectivity index (χ0) is 37.4. The van der Waals surface area contributed by atoms with Gasteiger partial charge in [0.15, 0.2) is 11.6 Å². The predicted molar refractivity (Wildman–Crippen MR) is 195 cm³/mol. The van der Waals surface area contributed by atoms with Crippen LogP contribution in [-0.4, -0.2) is 82.5 Å². The summed E-state index contributed by atoms with van der Waals surface area (Å²) in [5, 5.41) is 5.12. The fourth-order valence-electron chi connectivity index (χ4n) is 8.02. The van der Waals surface area contributed by atoms with Crippen LogP contribution < -0.4 is 25.2 Å². The van der Waals surface area contributed by atoms with E-state index in [1.807, 2.05) is 13.0 Å². The number of hydrogen-bond donors (Lipinski definition) is 2. The number of rotatable bonds is 11. The summed E-state index contributed by atoms with van der Waals surface area (Å²) >= 11 is 0. The van der Waals surface area contributed by atoms with Gasteiger partial charge in [0.2, 0.25) is 23.6 Å². The van der Waals surface area contributed by atoms with Crippen LogP contribution in [0.15, 0.2) is 42.6 Å². The van der Waals surface area contributed by atoms with Crippen LogP contribution in [0.25, 0.3) is 0 Å². The molecule has 0 spiro atoms. The summed E-state index contributed by atoms with van der Waals surface area (Å²) in [6, 6.07) is 9.39. The number of carbonyl (C=O) groups is 6. The van der Waals surface area contributed by atoms with E-state index in [4.69, 9.17) is 9.72 Å². The van der Waals surface area contributed by atoms with Gasteiger partial charge in [0.25, 0.3) is 5.91 Å². The Morgan fingerprint density at radius 1 is 1.04 bits per heavy atom. The first-order valence-corrected chi connectivity index (χ1v) is 18.3. The van der Waals surface area contributed by atoms with Crippen molar-refractivity contribution in [3.63, 3.8) is 0 Å². The summed E-state index contributed by atoms with van der Waals surface area (Å²) in [4.78, 5) is 91.7. The van der Waals surface area contributed by atoms with E-state index in [1.165, 1.54) is 12.0 Å². The molecular weight excluding hydrogens is 678 g/mol. The van der Waals surface area contributed by atoms with Crippen molar-refractivity contribution in [1.29, 1.82) is 0 Å². The zero-order valence-electron chi connectivity index (χ0n) is 30.1. The van der Waals surface area contributed by atoms with E-state index >= 15 is 0 Å². The monoisotopic (exact) mass is 721 g/mol. The van der Waals surface area contributed by atoms with Crippen molar-refractivity contribution in [2.45, 2.75) is 95.8 Å². The van der Waals surface area contributed by atoms with E-state index in [-0.39, 0.29) is 67.8 Å². The molecule has 2 atom stereocenters. The molecule has 2 fully saturated rings. The number of Topliss-reactive ketones (excluding diaryl/α,β-unsaturated/α-hetero) is 1. The Morgan fingerprint density at radius 2 is 1.83 bits per heavy atom. The number of likely N-dealkylation sites (N-methyl/N-ethyl adjacent to an activating group) is 1. The normalized spacial score (nSPS) is 20.0. The molecule has 4 aliphatic rings. The number of carbonyl (C=O) groups excluding carboxylic acids is 6. The number of nitrogens with zero attached hydrogens (tertiary/aromatic N) is 5. The minimum atomic E-state index is -0.767. The molecule has 14 nitrogen and oxygen atoms in total. The molecule has 5 amide bonds. The van der Waals surface area contributed by atoms with E-state index in [2.05, 4.69) is 20.5 Å². The molecule has 3 aromatic rings. The summed E-state index contributed by atoms with van der Waals surface area (Å²) in [5.74, 6) is 0.0683. The maximum absolute atomic E-state index is 13.3. The Hall–Kier alpha value is -5.66. The molecule has 1 saturated heterocycles. The first-order chi connectivity index (χ1) is 25.6. The topological polar surface area (TPSA) is 171 Å². The second-order valence-electron chi connectivity index (χ2n) is 14.1. The largest absolute Gasteiger partial charge is 0.496 e. The molecule has 14 heteroatoms. The molecule has 2 N–H and O–H groups in total. The molecule has 4 heterocycles. The number of nitrogens with one attached hydrogen (secondary N) is 2. The van der Waals surface area contributed by atoms with Gasteiger partial charge in [-0.05, 0) is 43.9 Å². The van der Waals surface area contributed by atoms with Gasteiger partial charge in [0.1, 0.15) is 29.3 Å². The van der Waals surface area contributed by atoms with Crippen molar-refractivity contribution in [3.8, 4) is 5.75 Å². The van der Waals surface area contributed by atoms with Crippen LogP contribution in [0.2, 0.25) is 0 Å². The van der Waals surface area contributed by atoms with E-state index in [0.717, 1.165) is 37.1 Å². The first kappa shape index (κ1) is 35.7. The quantitative estimate of drug-likeness (QED) is 0.218. The maximum atomic E-state index is 13.3. The Bertz CT molecular complexity index is 2010. The zero-order valence-corrected chi connectivity index (χ0v) is 30.1. The van der Waals surface area contributed by atoms with Gasteiger partial charge < -0.3 is 24.8 Å². The summed E-state index contributed by atoms with van der Waals surface area (Å²) in [5.41, 5.74) is 3.30. The van der Waals surface area contributed by atoms with E-state index in [1.54, 1.807) is 48.5 Å². The van der Waals surface area contributed by atoms with E-state index in [0.29, 0.717) is 52.5 Å². The fraction of sp³-hybridized carbons (Fsp3) is 0.436. The van der Waals surface area contributed by atoms with Gasteiger partial charge >= 0.3 is 0 Å². The van der Waals surface area contributed by atoms with Gasteiger partial charge in [0.05, 0.1) is 13.3 Å². The smallest absolute Gasteiger partial charge is 0.255 e. The highest BCUT2D eigenvalue weighted by molar-refractivity contribution is 6.07. The average Bonchev–Trinajstić information content (AvgIpc) is 3.81. The van der Waals surface area contributed by atoms with Crippen LogP contribution in [0.5, 0.6) is 5.75 Å². The number of imide groups is 1. The molecule has 53 heavy (non-hydrogen) atoms. The van der Waals surface area contributed by atoms with Crippen LogP contribution in [0.4, 0.5) is 17.2 Å². The standard InChI is InChI=1S/C39H43N7O7/c1-4-28-39(52)44(2)30-20-40-33(42-36(30)46(28)24-8-5-6-9-24)19-23-13-12-22(18-32(23)53-3)31(47)15-17-34(48)41-27-11-7-10-25-26(27)21-45(38(25)51)29-14-16-35(49)43-37(29)50/h7,10-13,18,20,24,28-29H,4-6,8-9,14-17,19,21H2,1-3H3,(H,41,48)(H,43,49,50)/t28-,29?/m1/s1. The number of methoxy groups -OCH3 is 1. The van der Waals surface area contributed by atoms with Gasteiger partial charge in [-0.1, -0.05) is 38.0 Å². The van der Waals surface area contributed by atoms with E-state index < -0.39 is 17.9 Å². The second kappa shape index (κ2) is 14.8. The average molecular weight is 722 g/mol. The lowest BCUT2D eigenvalue weighted by atomic mass is 10.0. The lowest BCUT2D eigenvalue weighted by Gasteiger charge is -2.43. The summed E-state index contributed by atoms with van der Waals surface area (Å²) in [6.07, 6.45) is 7.30. The molecule has 0 radical (unpaired) electrons. The number of ether oxygens (including phenoxy) is 1. The van der Waals surface area contributed by atoms with Gasteiger partial charge in [-0.3, -0.25) is 34.1 Å². The predicted octanol–water partition coefficient (Wildman–Crippen LogP) is 3.94. The Balaban J connectivity index is 1.00. The summed E-state index contributed by atoms with van der Waals surface area (Å²) < 4.78 is 5.69. The molecule has 1 aromatic heterocycles. The van der Waals surface area contributed by atoms with Crippen LogP contribution in [0.1, 0.15) is 102 Å². The van der Waals surface area contributed by atoms with Crippen LogP contribution in [-0.2, 0) is 32.1 Å². The highest BCUT2D eigenvalue weighted by Gasteiger charge is 2.42. The highest BCUT2D eigenvalue weighted by Crippen LogP contribution is 2.40. The summed E-state index contributed by atoms with van der Waals surface area (Å²) in [6.45, 7) is 2.15. The number of aromatic nitrogens is 2. The second-order valence-corrected chi connectivity index (χ2v) is 14.1. The molecule has 1 unspecified atom stereocenters. The molecular formula is C39H43N7O7.